The maximum atomic E-state index is 13.5. The summed E-state index contributed by atoms with van der Waals surface area (Å²) in [6.07, 6.45) is 2.19. The summed E-state index contributed by atoms with van der Waals surface area (Å²) in [4.78, 5) is 0. The van der Waals surface area contributed by atoms with Crippen molar-refractivity contribution in [2.24, 2.45) is 5.73 Å². The van der Waals surface area contributed by atoms with Gasteiger partial charge in [0.2, 0.25) is 0 Å². The van der Waals surface area contributed by atoms with Gasteiger partial charge < -0.3 is 5.73 Å². The highest BCUT2D eigenvalue weighted by atomic mass is 79.9. The molecule has 0 saturated heterocycles. The smallest absolute Gasteiger partial charge is 0.140 e. The van der Waals surface area contributed by atoms with E-state index < -0.39 is 11.6 Å². The fraction of sp³-hybridized carbons (Fsp3) is 0.400. The second-order valence-corrected chi connectivity index (χ2v) is 4.75. The summed E-state index contributed by atoms with van der Waals surface area (Å²) in [5.74, 6) is -0.833. The SMILES string of the molecule is NC1(Cc2cc(F)cc(Br)c2F)CC1. The minimum atomic E-state index is -0.433. The molecule has 1 aliphatic rings. The lowest BCUT2D eigenvalue weighted by Gasteiger charge is -2.10. The fourth-order valence-corrected chi connectivity index (χ4v) is 1.93. The number of hydrogen-bond acceptors (Lipinski definition) is 1. The Labute approximate surface area is 89.4 Å². The molecule has 1 aromatic carbocycles. The van der Waals surface area contributed by atoms with Crippen molar-refractivity contribution >= 4 is 15.9 Å². The molecule has 0 aromatic heterocycles. The molecule has 0 aliphatic heterocycles. The summed E-state index contributed by atoms with van der Waals surface area (Å²) in [6, 6.07) is 2.34. The van der Waals surface area contributed by atoms with Gasteiger partial charge in [-0.2, -0.15) is 0 Å². The molecule has 1 nitrogen and oxygen atoms in total. The van der Waals surface area contributed by atoms with Crippen LogP contribution in [0.3, 0.4) is 0 Å². The van der Waals surface area contributed by atoms with Crippen LogP contribution in [0.25, 0.3) is 0 Å². The highest BCUT2D eigenvalue weighted by molar-refractivity contribution is 9.10. The Kier molecular flexibility index (Phi) is 2.35. The van der Waals surface area contributed by atoms with Crippen LogP contribution in [0.15, 0.2) is 16.6 Å². The molecule has 1 saturated carbocycles. The highest BCUT2D eigenvalue weighted by Crippen LogP contribution is 2.37. The Morgan fingerprint density at radius 2 is 2.00 bits per heavy atom. The Hall–Kier alpha value is -0.480. The minimum absolute atomic E-state index is 0.164. The summed E-state index contributed by atoms with van der Waals surface area (Å²) >= 11 is 2.97. The zero-order valence-electron chi connectivity index (χ0n) is 7.49. The second-order valence-electron chi connectivity index (χ2n) is 3.90. The zero-order chi connectivity index (χ0) is 10.3. The van der Waals surface area contributed by atoms with E-state index in [-0.39, 0.29) is 10.0 Å². The average Bonchev–Trinajstić information content (AvgIpc) is 2.79. The second kappa shape index (κ2) is 3.28. The molecule has 14 heavy (non-hydrogen) atoms. The Bertz CT molecular complexity index is 375. The molecule has 2 rings (SSSR count). The molecule has 0 amide bonds. The molecule has 0 spiro atoms. The van der Waals surface area contributed by atoms with Crippen LogP contribution in [-0.4, -0.2) is 5.54 Å². The molecule has 1 aromatic rings. The summed E-state index contributed by atoms with van der Waals surface area (Å²) in [6.45, 7) is 0. The molecular formula is C10H10BrF2N. The Morgan fingerprint density at radius 3 is 2.57 bits per heavy atom. The monoisotopic (exact) mass is 261 g/mol. The number of nitrogens with two attached hydrogens (primary N) is 1. The van der Waals surface area contributed by atoms with Gasteiger partial charge in [-0.05, 0) is 52.9 Å². The topological polar surface area (TPSA) is 26.0 Å². The van der Waals surface area contributed by atoms with E-state index in [1.807, 2.05) is 0 Å². The third-order valence-electron chi connectivity index (χ3n) is 2.50. The maximum absolute atomic E-state index is 13.5. The van der Waals surface area contributed by atoms with E-state index in [2.05, 4.69) is 15.9 Å². The maximum Gasteiger partial charge on any atom is 0.140 e. The number of benzene rings is 1. The van der Waals surface area contributed by atoms with Gasteiger partial charge in [-0.15, -0.1) is 0 Å². The molecule has 76 valence electrons. The van der Waals surface area contributed by atoms with Crippen molar-refractivity contribution in [1.82, 2.24) is 0 Å². The summed E-state index contributed by atoms with van der Waals surface area (Å²) < 4.78 is 26.6. The van der Waals surface area contributed by atoms with Gasteiger partial charge in [0.1, 0.15) is 11.6 Å². The van der Waals surface area contributed by atoms with E-state index in [9.17, 15) is 8.78 Å². The lowest BCUT2D eigenvalue weighted by molar-refractivity contribution is 0.559. The van der Waals surface area contributed by atoms with Crippen molar-refractivity contribution in [3.05, 3.63) is 33.8 Å². The van der Waals surface area contributed by atoms with Gasteiger partial charge in [0.15, 0.2) is 0 Å². The van der Waals surface area contributed by atoms with Crippen LogP contribution in [0.4, 0.5) is 8.78 Å². The van der Waals surface area contributed by atoms with Crippen molar-refractivity contribution in [3.8, 4) is 0 Å². The summed E-state index contributed by atoms with van der Waals surface area (Å²) in [7, 11) is 0. The third-order valence-corrected chi connectivity index (χ3v) is 3.08. The Balaban J connectivity index is 2.32. The van der Waals surface area contributed by atoms with Gasteiger partial charge >= 0.3 is 0 Å². The molecule has 1 fully saturated rings. The van der Waals surface area contributed by atoms with Gasteiger partial charge in [0.05, 0.1) is 4.47 Å². The number of rotatable bonds is 2. The van der Waals surface area contributed by atoms with E-state index in [1.54, 1.807) is 0 Å². The van der Waals surface area contributed by atoms with E-state index in [1.165, 1.54) is 6.07 Å². The Morgan fingerprint density at radius 1 is 1.36 bits per heavy atom. The minimum Gasteiger partial charge on any atom is -0.325 e. The van der Waals surface area contributed by atoms with Crippen LogP contribution in [0, 0.1) is 11.6 Å². The van der Waals surface area contributed by atoms with Gasteiger partial charge in [-0.25, -0.2) is 8.78 Å². The van der Waals surface area contributed by atoms with Crippen molar-refractivity contribution in [3.63, 3.8) is 0 Å². The van der Waals surface area contributed by atoms with Crippen LogP contribution < -0.4 is 5.73 Å². The first-order valence-electron chi connectivity index (χ1n) is 4.42. The van der Waals surface area contributed by atoms with Gasteiger partial charge in [0.25, 0.3) is 0 Å². The van der Waals surface area contributed by atoms with E-state index in [4.69, 9.17) is 5.73 Å². The summed E-state index contributed by atoms with van der Waals surface area (Å²) in [5, 5.41) is 0. The first-order valence-corrected chi connectivity index (χ1v) is 5.22. The fourth-order valence-electron chi connectivity index (χ4n) is 1.45. The molecule has 0 unspecified atom stereocenters. The third kappa shape index (κ3) is 1.96. The highest BCUT2D eigenvalue weighted by Gasteiger charge is 2.38. The van der Waals surface area contributed by atoms with Crippen molar-refractivity contribution in [2.75, 3.05) is 0 Å². The zero-order valence-corrected chi connectivity index (χ0v) is 9.07. The predicted octanol–water partition coefficient (Wildman–Crippen LogP) is 2.76. The molecule has 0 bridgehead atoms. The molecule has 2 N–H and O–H groups in total. The van der Waals surface area contributed by atoms with Crippen molar-refractivity contribution < 1.29 is 8.78 Å². The molecule has 0 heterocycles. The van der Waals surface area contributed by atoms with Gasteiger partial charge in [-0.1, -0.05) is 0 Å². The first kappa shape index (κ1) is 10.1. The lowest BCUT2D eigenvalue weighted by Crippen LogP contribution is -2.25. The molecule has 1 aliphatic carbocycles. The van der Waals surface area contributed by atoms with E-state index >= 15 is 0 Å². The van der Waals surface area contributed by atoms with Crippen LogP contribution in [0.1, 0.15) is 18.4 Å². The predicted molar refractivity (Wildman–Crippen MR) is 53.9 cm³/mol. The molecule has 0 atom stereocenters. The number of halogens is 3. The standard InChI is InChI=1S/C10H10BrF2N/c11-8-4-7(12)3-6(9(8)13)5-10(14)1-2-10/h3-4H,1-2,5,14H2. The van der Waals surface area contributed by atoms with E-state index in [0.717, 1.165) is 18.9 Å². The van der Waals surface area contributed by atoms with Crippen molar-refractivity contribution in [2.45, 2.75) is 24.8 Å². The van der Waals surface area contributed by atoms with Crippen LogP contribution >= 0.6 is 15.9 Å². The largest absolute Gasteiger partial charge is 0.325 e. The first-order chi connectivity index (χ1) is 6.50. The van der Waals surface area contributed by atoms with E-state index in [0.29, 0.717) is 12.0 Å². The van der Waals surface area contributed by atoms with Gasteiger partial charge in [-0.3, -0.25) is 0 Å². The molecular weight excluding hydrogens is 252 g/mol. The molecule has 4 heteroatoms. The van der Waals surface area contributed by atoms with Crippen LogP contribution in [0.2, 0.25) is 0 Å². The van der Waals surface area contributed by atoms with Crippen LogP contribution in [-0.2, 0) is 6.42 Å². The summed E-state index contributed by atoms with van der Waals surface area (Å²) in [5.41, 5.74) is 5.90. The number of hydrogen-bond donors (Lipinski definition) is 1. The van der Waals surface area contributed by atoms with Gasteiger partial charge in [0, 0.05) is 5.54 Å². The van der Waals surface area contributed by atoms with Crippen LogP contribution in [0.5, 0.6) is 0 Å². The average molecular weight is 262 g/mol. The lowest BCUT2D eigenvalue weighted by atomic mass is 10.0. The normalized spacial score (nSPS) is 18.3. The van der Waals surface area contributed by atoms with Crippen molar-refractivity contribution in [1.29, 1.82) is 0 Å². The molecule has 0 radical (unpaired) electrons. The quantitative estimate of drug-likeness (QED) is 0.815.